The molecule has 0 aliphatic rings. The van der Waals surface area contributed by atoms with Crippen molar-refractivity contribution in [2.75, 3.05) is 5.32 Å². The number of aromatic nitrogens is 1. The Hall–Kier alpha value is -3.03. The number of amides is 1. The van der Waals surface area contributed by atoms with Gasteiger partial charge in [0.05, 0.1) is 5.56 Å². The minimum atomic E-state index is -1.27. The first-order valence-corrected chi connectivity index (χ1v) is 6.06. The molecule has 1 heterocycles. The number of hydrogen-bond donors (Lipinski definition) is 2. The zero-order valence-corrected chi connectivity index (χ0v) is 11.0. The Balaban J connectivity index is 2.21. The summed E-state index contributed by atoms with van der Waals surface area (Å²) in [5.41, 5.74) is -1.44. The number of carbonyl (C=O) groups is 2. The molecule has 0 spiro atoms. The predicted molar refractivity (Wildman–Crippen MR) is 72.6 cm³/mol. The second-order valence-electron chi connectivity index (χ2n) is 4.33. The van der Waals surface area contributed by atoms with Gasteiger partial charge in [0.2, 0.25) is 5.91 Å². The molecule has 0 radical (unpaired) electrons. The molecule has 0 fully saturated rings. The van der Waals surface area contributed by atoms with Crippen LogP contribution in [0.15, 0.2) is 41.3 Å². The highest BCUT2D eigenvalue weighted by molar-refractivity contribution is 5.91. The molecule has 0 unspecified atom stereocenters. The number of pyridine rings is 1. The van der Waals surface area contributed by atoms with Gasteiger partial charge in [-0.2, -0.15) is 0 Å². The number of benzene rings is 1. The predicted octanol–water partition coefficient (Wildman–Crippen LogP) is 1.46. The van der Waals surface area contributed by atoms with Crippen LogP contribution in [0, 0.1) is 11.6 Å². The average molecular weight is 308 g/mol. The summed E-state index contributed by atoms with van der Waals surface area (Å²) < 4.78 is 27.6. The van der Waals surface area contributed by atoms with Crippen molar-refractivity contribution in [3.05, 3.63) is 64.1 Å². The van der Waals surface area contributed by atoms with Crippen LogP contribution in [0.4, 0.5) is 14.5 Å². The van der Waals surface area contributed by atoms with Crippen molar-refractivity contribution in [3.63, 3.8) is 0 Å². The summed E-state index contributed by atoms with van der Waals surface area (Å²) in [7, 11) is 0. The Morgan fingerprint density at radius 3 is 2.36 bits per heavy atom. The van der Waals surface area contributed by atoms with Crippen LogP contribution in [0.2, 0.25) is 0 Å². The number of carboxylic acid groups (broad SMARTS) is 1. The van der Waals surface area contributed by atoms with E-state index in [9.17, 15) is 23.2 Å². The van der Waals surface area contributed by atoms with Crippen molar-refractivity contribution >= 4 is 17.6 Å². The van der Waals surface area contributed by atoms with Crippen LogP contribution in [0.25, 0.3) is 0 Å². The second kappa shape index (κ2) is 6.17. The molecule has 114 valence electrons. The molecule has 2 N–H and O–H groups in total. The first-order chi connectivity index (χ1) is 10.4. The quantitative estimate of drug-likeness (QED) is 0.895. The lowest BCUT2D eigenvalue weighted by atomic mass is 10.2. The molecular weight excluding hydrogens is 298 g/mol. The van der Waals surface area contributed by atoms with Crippen molar-refractivity contribution in [1.29, 1.82) is 0 Å². The summed E-state index contributed by atoms with van der Waals surface area (Å²) in [6.07, 6.45) is 0.974. The van der Waals surface area contributed by atoms with Crippen LogP contribution in [0.1, 0.15) is 10.4 Å². The van der Waals surface area contributed by atoms with Gasteiger partial charge in [0.25, 0.3) is 5.56 Å². The molecule has 2 rings (SSSR count). The van der Waals surface area contributed by atoms with Crippen molar-refractivity contribution < 1.29 is 23.5 Å². The van der Waals surface area contributed by atoms with E-state index in [0.717, 1.165) is 41.1 Å². The van der Waals surface area contributed by atoms with Crippen LogP contribution < -0.4 is 10.9 Å². The third-order valence-corrected chi connectivity index (χ3v) is 2.77. The van der Waals surface area contributed by atoms with Crippen molar-refractivity contribution in [2.45, 2.75) is 6.54 Å². The topological polar surface area (TPSA) is 88.4 Å². The minimum Gasteiger partial charge on any atom is -0.478 e. The molecule has 0 atom stereocenters. The van der Waals surface area contributed by atoms with E-state index in [1.165, 1.54) is 0 Å². The van der Waals surface area contributed by atoms with Gasteiger partial charge in [0.1, 0.15) is 23.9 Å². The SMILES string of the molecule is O=C(Cn1cc(C(=O)O)ccc1=O)Nc1c(F)cccc1F. The molecule has 2 aromatic rings. The van der Waals surface area contributed by atoms with Crippen LogP contribution in [-0.2, 0) is 11.3 Å². The number of hydrogen-bond acceptors (Lipinski definition) is 3. The number of para-hydroxylation sites is 1. The molecular formula is C14H10F2N2O4. The number of anilines is 1. The number of halogens is 2. The number of carbonyl (C=O) groups excluding carboxylic acids is 1. The molecule has 8 heteroatoms. The zero-order valence-electron chi connectivity index (χ0n) is 11.0. The van der Waals surface area contributed by atoms with Gasteiger partial charge in [0, 0.05) is 12.3 Å². The molecule has 0 saturated heterocycles. The molecule has 0 aliphatic heterocycles. The first-order valence-electron chi connectivity index (χ1n) is 6.06. The third-order valence-electron chi connectivity index (χ3n) is 2.77. The molecule has 1 amide bonds. The Morgan fingerprint density at radius 1 is 1.14 bits per heavy atom. The van der Waals surface area contributed by atoms with E-state index in [1.54, 1.807) is 0 Å². The molecule has 0 aliphatic carbocycles. The highest BCUT2D eigenvalue weighted by Crippen LogP contribution is 2.17. The van der Waals surface area contributed by atoms with E-state index in [0.29, 0.717) is 0 Å². The summed E-state index contributed by atoms with van der Waals surface area (Å²) >= 11 is 0. The van der Waals surface area contributed by atoms with Gasteiger partial charge in [-0.15, -0.1) is 0 Å². The zero-order chi connectivity index (χ0) is 16.3. The van der Waals surface area contributed by atoms with E-state index >= 15 is 0 Å². The molecule has 6 nitrogen and oxygen atoms in total. The van der Waals surface area contributed by atoms with E-state index in [-0.39, 0.29) is 5.56 Å². The molecule has 22 heavy (non-hydrogen) atoms. The van der Waals surface area contributed by atoms with E-state index in [4.69, 9.17) is 5.11 Å². The van der Waals surface area contributed by atoms with Gasteiger partial charge >= 0.3 is 5.97 Å². The fourth-order valence-electron chi connectivity index (χ4n) is 1.73. The Labute approximate surface area is 122 Å². The molecule has 0 bridgehead atoms. The van der Waals surface area contributed by atoms with Gasteiger partial charge in [-0.05, 0) is 18.2 Å². The number of rotatable bonds is 4. The highest BCUT2D eigenvalue weighted by atomic mass is 19.1. The maximum Gasteiger partial charge on any atom is 0.337 e. The van der Waals surface area contributed by atoms with Crippen molar-refractivity contribution in [2.24, 2.45) is 0 Å². The van der Waals surface area contributed by atoms with E-state index < -0.39 is 41.3 Å². The number of aromatic carboxylic acids is 1. The van der Waals surface area contributed by atoms with Crippen LogP contribution in [0.5, 0.6) is 0 Å². The summed E-state index contributed by atoms with van der Waals surface area (Å²) in [6, 6.07) is 5.16. The van der Waals surface area contributed by atoms with Crippen molar-refractivity contribution in [3.8, 4) is 0 Å². The summed E-state index contributed by atoms with van der Waals surface area (Å²) in [4.78, 5) is 34.1. The van der Waals surface area contributed by atoms with Crippen molar-refractivity contribution in [1.82, 2.24) is 4.57 Å². The van der Waals surface area contributed by atoms with Gasteiger partial charge in [0.15, 0.2) is 0 Å². The monoisotopic (exact) mass is 308 g/mol. The van der Waals surface area contributed by atoms with Gasteiger partial charge in [-0.1, -0.05) is 6.07 Å². The number of nitrogens with one attached hydrogen (secondary N) is 1. The lowest BCUT2D eigenvalue weighted by Crippen LogP contribution is -2.28. The van der Waals surface area contributed by atoms with Gasteiger partial charge < -0.3 is 15.0 Å². The maximum absolute atomic E-state index is 13.4. The number of carboxylic acids is 1. The Bertz CT molecular complexity index is 781. The summed E-state index contributed by atoms with van der Waals surface area (Å²) in [5, 5.41) is 10.8. The maximum atomic E-state index is 13.4. The normalized spacial score (nSPS) is 10.3. The first kappa shape index (κ1) is 15.4. The lowest BCUT2D eigenvalue weighted by Gasteiger charge is -2.09. The van der Waals surface area contributed by atoms with Gasteiger partial charge in [-0.25, -0.2) is 13.6 Å². The summed E-state index contributed by atoms with van der Waals surface area (Å²) in [5.74, 6) is -4.05. The fourth-order valence-corrected chi connectivity index (χ4v) is 1.73. The van der Waals surface area contributed by atoms with Crippen LogP contribution in [-0.4, -0.2) is 21.6 Å². The smallest absolute Gasteiger partial charge is 0.337 e. The Morgan fingerprint density at radius 2 is 1.77 bits per heavy atom. The number of nitrogens with zero attached hydrogens (tertiary/aromatic N) is 1. The van der Waals surface area contributed by atoms with Crippen LogP contribution >= 0.6 is 0 Å². The average Bonchev–Trinajstić information content (AvgIpc) is 2.45. The second-order valence-corrected chi connectivity index (χ2v) is 4.33. The van der Waals surface area contributed by atoms with Gasteiger partial charge in [-0.3, -0.25) is 9.59 Å². The third kappa shape index (κ3) is 3.35. The largest absolute Gasteiger partial charge is 0.478 e. The van der Waals surface area contributed by atoms with Crippen LogP contribution in [0.3, 0.4) is 0 Å². The molecule has 1 aromatic heterocycles. The summed E-state index contributed by atoms with van der Waals surface area (Å²) in [6.45, 7) is -0.576. The molecule has 0 saturated carbocycles. The fraction of sp³-hybridized carbons (Fsp3) is 0.0714. The minimum absolute atomic E-state index is 0.190. The lowest BCUT2D eigenvalue weighted by molar-refractivity contribution is -0.116. The highest BCUT2D eigenvalue weighted by Gasteiger charge is 2.13. The van der Waals surface area contributed by atoms with E-state index in [2.05, 4.69) is 0 Å². The van der Waals surface area contributed by atoms with E-state index in [1.807, 2.05) is 5.32 Å². The standard InChI is InChI=1S/C14H10F2N2O4/c15-9-2-1-3-10(16)13(9)17-11(19)7-18-6-8(14(21)22)4-5-12(18)20/h1-6H,7H2,(H,17,19)(H,21,22). The molecule has 1 aromatic carbocycles. The Kier molecular flexibility index (Phi) is 4.31.